The maximum atomic E-state index is 9.73. The van der Waals surface area contributed by atoms with Crippen LogP contribution in [0.4, 0.5) is 0 Å². The minimum atomic E-state index is -0.0843. The van der Waals surface area contributed by atoms with E-state index in [1.807, 2.05) is 6.92 Å². The largest absolute Gasteiger partial charge is 0.504 e. The van der Waals surface area contributed by atoms with E-state index in [9.17, 15) is 5.11 Å². The normalized spacial score (nSPS) is 17.9. The zero-order valence-electron chi connectivity index (χ0n) is 12.7. The van der Waals surface area contributed by atoms with Crippen molar-refractivity contribution in [1.29, 1.82) is 0 Å². The predicted octanol–water partition coefficient (Wildman–Crippen LogP) is 2.78. The van der Waals surface area contributed by atoms with Crippen LogP contribution in [-0.2, 0) is 4.74 Å². The van der Waals surface area contributed by atoms with Gasteiger partial charge in [-0.05, 0) is 55.7 Å². The third kappa shape index (κ3) is 3.43. The molecule has 0 spiro atoms. The summed E-state index contributed by atoms with van der Waals surface area (Å²) in [6.07, 6.45) is 3.47. The number of benzene rings is 1. The molecule has 2 heterocycles. The number of phenolic OH excluding ortho intramolecular Hbond substituents is 1. The van der Waals surface area contributed by atoms with Crippen molar-refractivity contribution in [3.8, 4) is 11.5 Å². The number of hydrogen-bond acceptors (Lipinski definition) is 6. The van der Waals surface area contributed by atoms with Crippen LogP contribution in [0.15, 0.2) is 23.3 Å². The van der Waals surface area contributed by atoms with Crippen molar-refractivity contribution < 1.29 is 14.6 Å². The molecule has 0 bridgehead atoms. The first-order chi connectivity index (χ1) is 11.2. The maximum Gasteiger partial charge on any atom is 0.216 e. The lowest BCUT2D eigenvalue weighted by molar-refractivity contribution is 0.102. The summed E-state index contributed by atoms with van der Waals surface area (Å²) in [5.41, 5.74) is 0.785. The quantitative estimate of drug-likeness (QED) is 0.649. The number of aromatic nitrogens is 3. The van der Waals surface area contributed by atoms with Gasteiger partial charge in [0.25, 0.3) is 0 Å². The second kappa shape index (κ2) is 6.93. The average molecular weight is 334 g/mol. The van der Waals surface area contributed by atoms with Crippen LogP contribution in [0.3, 0.4) is 0 Å². The summed E-state index contributed by atoms with van der Waals surface area (Å²) in [6, 6.07) is 5.04. The summed E-state index contributed by atoms with van der Waals surface area (Å²) in [4.78, 5) is 0. The zero-order chi connectivity index (χ0) is 16.2. The summed E-state index contributed by atoms with van der Waals surface area (Å²) in [5, 5.41) is 21.1. The number of ether oxygens (including phenoxy) is 2. The van der Waals surface area contributed by atoms with Crippen LogP contribution in [0.1, 0.15) is 37.3 Å². The number of nitrogens with one attached hydrogen (secondary N) is 1. The molecule has 1 aromatic heterocycles. The molecule has 1 fully saturated rings. The van der Waals surface area contributed by atoms with Crippen molar-refractivity contribution in [1.82, 2.24) is 14.9 Å². The zero-order valence-corrected chi connectivity index (χ0v) is 13.5. The van der Waals surface area contributed by atoms with E-state index in [-0.39, 0.29) is 11.9 Å². The van der Waals surface area contributed by atoms with Crippen LogP contribution < -0.4 is 4.74 Å². The van der Waals surface area contributed by atoms with Gasteiger partial charge in [0.15, 0.2) is 17.3 Å². The summed E-state index contributed by atoms with van der Waals surface area (Å²) < 4.78 is 13.0. The molecule has 1 atom stereocenters. The second-order valence-corrected chi connectivity index (χ2v) is 5.49. The lowest BCUT2D eigenvalue weighted by Crippen LogP contribution is -2.05. The third-order valence-corrected chi connectivity index (χ3v) is 3.76. The van der Waals surface area contributed by atoms with Crippen LogP contribution in [0.5, 0.6) is 11.5 Å². The highest BCUT2D eigenvalue weighted by Crippen LogP contribution is 2.28. The van der Waals surface area contributed by atoms with Crippen LogP contribution in [0, 0.1) is 4.77 Å². The Kier molecular flexibility index (Phi) is 4.73. The molecule has 1 aromatic carbocycles. The summed E-state index contributed by atoms with van der Waals surface area (Å²) in [5.74, 6) is 1.20. The van der Waals surface area contributed by atoms with Crippen LogP contribution in [0.2, 0.25) is 0 Å². The molecule has 23 heavy (non-hydrogen) atoms. The topological polar surface area (TPSA) is 84.7 Å². The Morgan fingerprint density at radius 3 is 3.22 bits per heavy atom. The fourth-order valence-corrected chi connectivity index (χ4v) is 2.60. The molecule has 2 N–H and O–H groups in total. The molecule has 1 aliphatic rings. The number of aromatic amines is 1. The molecule has 1 aliphatic heterocycles. The van der Waals surface area contributed by atoms with Crippen LogP contribution in [-0.4, -0.2) is 39.4 Å². The Balaban J connectivity index is 1.87. The van der Waals surface area contributed by atoms with E-state index in [1.54, 1.807) is 29.1 Å². The van der Waals surface area contributed by atoms with E-state index in [0.717, 1.165) is 25.0 Å². The Bertz CT molecular complexity index is 762. The first-order valence-corrected chi connectivity index (χ1v) is 7.89. The minimum Gasteiger partial charge on any atom is -0.504 e. The average Bonchev–Trinajstić information content (AvgIpc) is 3.18. The fourth-order valence-electron chi connectivity index (χ4n) is 2.41. The Morgan fingerprint density at radius 2 is 2.48 bits per heavy atom. The second-order valence-electron chi connectivity index (χ2n) is 5.11. The molecule has 2 aromatic rings. The number of H-pyrrole nitrogens is 1. The van der Waals surface area contributed by atoms with Gasteiger partial charge in [0.2, 0.25) is 4.77 Å². The Hall–Kier alpha value is -2.19. The van der Waals surface area contributed by atoms with Crippen molar-refractivity contribution in [2.24, 2.45) is 5.10 Å². The van der Waals surface area contributed by atoms with Gasteiger partial charge in [-0.15, -0.1) is 0 Å². The molecule has 8 heteroatoms. The molecule has 0 amide bonds. The minimum absolute atomic E-state index is 0.0843. The van der Waals surface area contributed by atoms with Gasteiger partial charge in [-0.2, -0.15) is 14.9 Å². The van der Waals surface area contributed by atoms with Crippen molar-refractivity contribution in [2.75, 3.05) is 13.2 Å². The van der Waals surface area contributed by atoms with Gasteiger partial charge in [0.05, 0.1) is 12.8 Å². The fraction of sp³-hybridized carbons (Fsp3) is 0.400. The van der Waals surface area contributed by atoms with Crippen LogP contribution in [0.25, 0.3) is 0 Å². The molecule has 1 saturated heterocycles. The van der Waals surface area contributed by atoms with Gasteiger partial charge in [-0.1, -0.05) is 0 Å². The molecule has 0 aliphatic carbocycles. The van der Waals surface area contributed by atoms with Gasteiger partial charge in [0, 0.05) is 6.61 Å². The third-order valence-electron chi connectivity index (χ3n) is 3.50. The van der Waals surface area contributed by atoms with E-state index in [4.69, 9.17) is 21.7 Å². The van der Waals surface area contributed by atoms with Crippen molar-refractivity contribution in [2.45, 2.75) is 25.9 Å². The number of aromatic hydroxyl groups is 1. The SMILES string of the molecule is CCOc1cc(/C=N\n2c(C3CCCO3)n[nH]c2=S)ccc1O. The van der Waals surface area contributed by atoms with E-state index in [1.165, 1.54) is 0 Å². The highest BCUT2D eigenvalue weighted by Gasteiger charge is 2.23. The molecule has 3 rings (SSSR count). The molecule has 0 radical (unpaired) electrons. The van der Waals surface area contributed by atoms with E-state index < -0.39 is 0 Å². The van der Waals surface area contributed by atoms with E-state index in [2.05, 4.69) is 15.3 Å². The van der Waals surface area contributed by atoms with E-state index in [0.29, 0.717) is 23.0 Å². The monoisotopic (exact) mass is 334 g/mol. The molecular formula is C15H18N4O3S. The standard InChI is InChI=1S/C15H18N4O3S/c1-2-21-13-8-10(5-6-11(13)20)9-16-19-14(17-18-15(19)23)12-4-3-7-22-12/h5-6,8-9,12,20H,2-4,7H2,1H3,(H,18,23)/b16-9-. The Morgan fingerprint density at radius 1 is 1.61 bits per heavy atom. The van der Waals surface area contributed by atoms with Crippen molar-refractivity contribution >= 4 is 18.4 Å². The number of nitrogens with zero attached hydrogens (tertiary/aromatic N) is 3. The van der Waals surface area contributed by atoms with Crippen LogP contribution >= 0.6 is 12.2 Å². The number of phenols is 1. The van der Waals surface area contributed by atoms with Crippen molar-refractivity contribution in [3.05, 3.63) is 34.4 Å². The molecular weight excluding hydrogens is 316 g/mol. The van der Waals surface area contributed by atoms with E-state index >= 15 is 0 Å². The highest BCUT2D eigenvalue weighted by atomic mass is 32.1. The first-order valence-electron chi connectivity index (χ1n) is 7.48. The number of hydrogen-bond donors (Lipinski definition) is 2. The maximum absolute atomic E-state index is 9.73. The smallest absolute Gasteiger partial charge is 0.216 e. The molecule has 0 saturated carbocycles. The first kappa shape index (κ1) is 15.7. The van der Waals surface area contributed by atoms with Gasteiger partial charge in [-0.25, -0.2) is 0 Å². The predicted molar refractivity (Wildman–Crippen MR) is 87.6 cm³/mol. The summed E-state index contributed by atoms with van der Waals surface area (Å²) in [6.45, 7) is 3.06. The van der Waals surface area contributed by atoms with Gasteiger partial charge in [-0.3, -0.25) is 5.10 Å². The van der Waals surface area contributed by atoms with Gasteiger partial charge in [0.1, 0.15) is 6.10 Å². The van der Waals surface area contributed by atoms with Crippen molar-refractivity contribution in [3.63, 3.8) is 0 Å². The van der Waals surface area contributed by atoms with Gasteiger partial charge < -0.3 is 14.6 Å². The molecule has 122 valence electrons. The Labute approximate surface area is 138 Å². The highest BCUT2D eigenvalue weighted by molar-refractivity contribution is 7.71. The lowest BCUT2D eigenvalue weighted by Gasteiger charge is -2.08. The lowest BCUT2D eigenvalue weighted by atomic mass is 10.2. The summed E-state index contributed by atoms with van der Waals surface area (Å²) in [7, 11) is 0. The molecule has 1 unspecified atom stereocenters. The number of rotatable bonds is 5. The summed E-state index contributed by atoms with van der Waals surface area (Å²) >= 11 is 5.22. The van der Waals surface area contributed by atoms with Gasteiger partial charge >= 0.3 is 0 Å². The molecule has 7 nitrogen and oxygen atoms in total.